The Morgan fingerprint density at radius 3 is 2.70 bits per heavy atom. The summed E-state index contributed by atoms with van der Waals surface area (Å²) in [6.45, 7) is 2.64. The summed E-state index contributed by atoms with van der Waals surface area (Å²) in [6.07, 6.45) is 0. The molecule has 170 valence electrons. The summed E-state index contributed by atoms with van der Waals surface area (Å²) in [7, 11) is -3.76. The molecule has 1 amide bonds. The predicted molar refractivity (Wildman–Crippen MR) is 131 cm³/mol. The van der Waals surface area contributed by atoms with Crippen molar-refractivity contribution >= 4 is 43.7 Å². The van der Waals surface area contributed by atoms with Gasteiger partial charge in [-0.2, -0.15) is 0 Å². The first kappa shape index (κ1) is 23.1. The van der Waals surface area contributed by atoms with E-state index in [0.29, 0.717) is 17.4 Å². The van der Waals surface area contributed by atoms with Gasteiger partial charge in [-0.05, 0) is 48.7 Å². The molecule has 10 heteroatoms. The molecule has 2 aromatic heterocycles. The number of aromatic nitrogens is 1. The number of benzene rings is 2. The Labute approximate surface area is 200 Å². The lowest BCUT2D eigenvalue weighted by Crippen LogP contribution is -2.23. The Hall–Kier alpha value is -3.05. The molecule has 2 heterocycles. The van der Waals surface area contributed by atoms with E-state index in [0.717, 1.165) is 16.2 Å². The van der Waals surface area contributed by atoms with Gasteiger partial charge in [0.25, 0.3) is 5.91 Å². The molecule has 0 spiro atoms. The third-order valence-corrected chi connectivity index (χ3v) is 7.64. The number of anilines is 1. The Balaban J connectivity index is 1.48. The molecule has 2 aromatic carbocycles. The zero-order valence-corrected chi connectivity index (χ0v) is 20.1. The van der Waals surface area contributed by atoms with Crippen LogP contribution in [0.2, 0.25) is 0 Å². The van der Waals surface area contributed by atoms with Crippen LogP contribution >= 0.6 is 22.7 Å². The molecule has 0 unspecified atom stereocenters. The number of rotatable bonds is 9. The Morgan fingerprint density at radius 2 is 1.91 bits per heavy atom. The highest BCUT2D eigenvalue weighted by atomic mass is 32.2. The highest BCUT2D eigenvalue weighted by Gasteiger charge is 2.18. The number of carbonyl (C=O) groups excluding carboxylic acids is 1. The second kappa shape index (κ2) is 10.3. The first-order valence-corrected chi connectivity index (χ1v) is 13.3. The van der Waals surface area contributed by atoms with Crippen LogP contribution in [0, 0.1) is 0 Å². The molecular formula is C23H21N3O4S3. The summed E-state index contributed by atoms with van der Waals surface area (Å²) < 4.78 is 33.5. The van der Waals surface area contributed by atoms with Crippen LogP contribution in [0.4, 0.5) is 5.13 Å². The standard InChI is InChI=1S/C23H21N3O4S3/c1-2-30-21-11-4-3-10-19(21)20-15-32-23(25-20)26-22(27)16-7-5-9-18(13-16)33(28,29)24-14-17-8-6-12-31-17/h3-13,15,24H,2,14H2,1H3,(H,25,26,27). The lowest BCUT2D eigenvalue weighted by molar-refractivity contribution is 0.102. The number of sulfonamides is 1. The van der Waals surface area contributed by atoms with Crippen molar-refractivity contribution in [1.29, 1.82) is 0 Å². The SMILES string of the molecule is CCOc1ccccc1-c1csc(NC(=O)c2cccc(S(=O)(=O)NCc3cccs3)c2)n1. The number of thiazole rings is 1. The fourth-order valence-electron chi connectivity index (χ4n) is 3.05. The number of nitrogens with zero attached hydrogens (tertiary/aromatic N) is 1. The third-order valence-electron chi connectivity index (χ3n) is 4.61. The van der Waals surface area contributed by atoms with E-state index in [4.69, 9.17) is 4.74 Å². The van der Waals surface area contributed by atoms with E-state index in [2.05, 4.69) is 15.0 Å². The lowest BCUT2D eigenvalue weighted by Gasteiger charge is -2.08. The quantitative estimate of drug-likeness (QED) is 0.338. The van der Waals surface area contributed by atoms with Gasteiger partial charge in [-0.3, -0.25) is 10.1 Å². The molecule has 0 fully saturated rings. The number of thiophene rings is 1. The van der Waals surface area contributed by atoms with Crippen LogP contribution in [0.3, 0.4) is 0 Å². The van der Waals surface area contributed by atoms with Gasteiger partial charge >= 0.3 is 0 Å². The monoisotopic (exact) mass is 499 g/mol. The van der Waals surface area contributed by atoms with Gasteiger partial charge in [0.05, 0.1) is 17.2 Å². The summed E-state index contributed by atoms with van der Waals surface area (Å²) in [6, 6.07) is 17.2. The zero-order chi connectivity index (χ0) is 23.3. The summed E-state index contributed by atoms with van der Waals surface area (Å²) in [5, 5.41) is 6.87. The van der Waals surface area contributed by atoms with E-state index in [1.165, 1.54) is 34.8 Å². The smallest absolute Gasteiger partial charge is 0.257 e. The molecule has 2 N–H and O–H groups in total. The van der Waals surface area contributed by atoms with E-state index in [9.17, 15) is 13.2 Å². The molecule has 33 heavy (non-hydrogen) atoms. The summed E-state index contributed by atoms with van der Waals surface area (Å²) in [5.41, 5.74) is 1.75. The molecule has 0 radical (unpaired) electrons. The number of amides is 1. The maximum absolute atomic E-state index is 12.8. The molecule has 0 aliphatic heterocycles. The van der Waals surface area contributed by atoms with Crippen LogP contribution in [-0.2, 0) is 16.6 Å². The van der Waals surface area contributed by atoms with Gasteiger partial charge in [0.2, 0.25) is 10.0 Å². The number of carbonyl (C=O) groups is 1. The highest BCUT2D eigenvalue weighted by Crippen LogP contribution is 2.32. The lowest BCUT2D eigenvalue weighted by atomic mass is 10.1. The van der Waals surface area contributed by atoms with Crippen molar-refractivity contribution in [2.24, 2.45) is 0 Å². The van der Waals surface area contributed by atoms with E-state index in [-0.39, 0.29) is 17.0 Å². The molecule has 0 bridgehead atoms. The summed E-state index contributed by atoms with van der Waals surface area (Å²) in [5.74, 6) is 0.278. The van der Waals surface area contributed by atoms with Gasteiger partial charge in [-0.1, -0.05) is 24.3 Å². The molecule has 7 nitrogen and oxygen atoms in total. The van der Waals surface area contributed by atoms with E-state index >= 15 is 0 Å². The zero-order valence-electron chi connectivity index (χ0n) is 17.6. The number of para-hydroxylation sites is 1. The van der Waals surface area contributed by atoms with Crippen molar-refractivity contribution in [3.8, 4) is 17.0 Å². The Morgan fingerprint density at radius 1 is 1.06 bits per heavy atom. The molecule has 0 aliphatic carbocycles. The van der Waals surface area contributed by atoms with Gasteiger partial charge in [0.1, 0.15) is 5.75 Å². The van der Waals surface area contributed by atoms with Gasteiger partial charge in [-0.15, -0.1) is 22.7 Å². The van der Waals surface area contributed by atoms with Gasteiger partial charge in [-0.25, -0.2) is 18.1 Å². The predicted octanol–water partition coefficient (Wildman–Crippen LogP) is 5.00. The number of ether oxygens (including phenoxy) is 1. The number of hydrogen-bond donors (Lipinski definition) is 2. The first-order valence-electron chi connectivity index (χ1n) is 10.1. The topological polar surface area (TPSA) is 97.4 Å². The van der Waals surface area contributed by atoms with Crippen LogP contribution in [-0.4, -0.2) is 25.9 Å². The van der Waals surface area contributed by atoms with E-state index in [1.807, 2.05) is 54.1 Å². The summed E-state index contributed by atoms with van der Waals surface area (Å²) >= 11 is 2.75. The average Bonchev–Trinajstić information content (AvgIpc) is 3.51. The largest absolute Gasteiger partial charge is 0.493 e. The first-order chi connectivity index (χ1) is 16.0. The van der Waals surface area contributed by atoms with Crippen LogP contribution in [0.1, 0.15) is 22.2 Å². The highest BCUT2D eigenvalue weighted by molar-refractivity contribution is 7.89. The second-order valence-corrected chi connectivity index (χ2v) is 10.5. The average molecular weight is 500 g/mol. The fraction of sp³-hybridized carbons (Fsp3) is 0.130. The molecule has 4 rings (SSSR count). The molecule has 0 saturated carbocycles. The molecule has 0 atom stereocenters. The van der Waals surface area contributed by atoms with E-state index in [1.54, 1.807) is 12.1 Å². The van der Waals surface area contributed by atoms with Crippen LogP contribution in [0.15, 0.2) is 76.3 Å². The molecule has 4 aromatic rings. The minimum Gasteiger partial charge on any atom is -0.493 e. The number of hydrogen-bond acceptors (Lipinski definition) is 7. The van der Waals surface area contributed by atoms with Gasteiger partial charge < -0.3 is 4.74 Å². The maximum atomic E-state index is 12.8. The minimum atomic E-state index is -3.76. The third kappa shape index (κ3) is 5.66. The van der Waals surface area contributed by atoms with Crippen LogP contribution in [0.5, 0.6) is 5.75 Å². The van der Waals surface area contributed by atoms with Gasteiger partial charge in [0.15, 0.2) is 5.13 Å². The molecule has 0 saturated heterocycles. The summed E-state index contributed by atoms with van der Waals surface area (Å²) in [4.78, 5) is 18.2. The van der Waals surface area contributed by atoms with Crippen molar-refractivity contribution < 1.29 is 17.9 Å². The minimum absolute atomic E-state index is 0.0252. The normalized spacial score (nSPS) is 11.3. The molecular weight excluding hydrogens is 478 g/mol. The van der Waals surface area contributed by atoms with Crippen molar-refractivity contribution in [1.82, 2.24) is 9.71 Å². The van der Waals surface area contributed by atoms with Crippen molar-refractivity contribution in [3.05, 3.63) is 81.9 Å². The molecule has 0 aliphatic rings. The number of nitrogens with one attached hydrogen (secondary N) is 2. The van der Waals surface area contributed by atoms with Crippen molar-refractivity contribution in [2.45, 2.75) is 18.4 Å². The van der Waals surface area contributed by atoms with Crippen molar-refractivity contribution in [2.75, 3.05) is 11.9 Å². The Kier molecular flexibility index (Phi) is 7.19. The van der Waals surface area contributed by atoms with Crippen molar-refractivity contribution in [3.63, 3.8) is 0 Å². The maximum Gasteiger partial charge on any atom is 0.257 e. The van der Waals surface area contributed by atoms with Crippen LogP contribution in [0.25, 0.3) is 11.3 Å². The van der Waals surface area contributed by atoms with E-state index < -0.39 is 15.9 Å². The van der Waals surface area contributed by atoms with Gasteiger partial charge in [0, 0.05) is 27.9 Å². The Bertz CT molecular complexity index is 1350. The second-order valence-electron chi connectivity index (χ2n) is 6.85. The van der Waals surface area contributed by atoms with Crippen LogP contribution < -0.4 is 14.8 Å². The fourth-order valence-corrected chi connectivity index (χ4v) is 5.54.